The molecule has 0 aromatic carbocycles. The van der Waals surface area contributed by atoms with Crippen LogP contribution in [0.5, 0.6) is 0 Å². The Hall–Kier alpha value is -0.760. The van der Waals surface area contributed by atoms with Gasteiger partial charge in [-0.15, -0.1) is 0 Å². The predicted octanol–water partition coefficient (Wildman–Crippen LogP) is 2.92. The Morgan fingerprint density at radius 2 is 1.92 bits per heavy atom. The predicted molar refractivity (Wildman–Crippen MR) is 57.1 cm³/mol. The standard InChI is InChI=1S/C10H15ClN2/c1-6-7(11)5-8(12)13-9(6)10(2,3)4/h5H,1-4H3,(H2,12,13). The van der Waals surface area contributed by atoms with Gasteiger partial charge in [0.1, 0.15) is 5.82 Å². The smallest absolute Gasteiger partial charge is 0.125 e. The van der Waals surface area contributed by atoms with Crippen molar-refractivity contribution in [2.75, 3.05) is 5.73 Å². The molecule has 3 heteroatoms. The Morgan fingerprint density at radius 3 is 2.38 bits per heavy atom. The number of nitrogen functional groups attached to an aromatic ring is 1. The number of nitrogens with two attached hydrogens (primary N) is 1. The van der Waals surface area contributed by atoms with Gasteiger partial charge < -0.3 is 5.73 Å². The average molecular weight is 199 g/mol. The molecule has 2 N–H and O–H groups in total. The quantitative estimate of drug-likeness (QED) is 0.696. The third-order valence-corrected chi connectivity index (χ3v) is 2.33. The first-order chi connectivity index (χ1) is 5.82. The summed E-state index contributed by atoms with van der Waals surface area (Å²) in [4.78, 5) is 4.30. The van der Waals surface area contributed by atoms with Crippen LogP contribution in [0.25, 0.3) is 0 Å². The van der Waals surface area contributed by atoms with Crippen molar-refractivity contribution in [1.29, 1.82) is 0 Å². The molecular weight excluding hydrogens is 184 g/mol. The second-order valence-electron chi connectivity index (χ2n) is 4.25. The topological polar surface area (TPSA) is 38.9 Å². The van der Waals surface area contributed by atoms with Crippen LogP contribution >= 0.6 is 11.6 Å². The molecule has 0 amide bonds. The highest BCUT2D eigenvalue weighted by Gasteiger charge is 2.19. The molecule has 1 aromatic heterocycles. The molecule has 0 spiro atoms. The van der Waals surface area contributed by atoms with E-state index in [1.807, 2.05) is 6.92 Å². The third-order valence-electron chi connectivity index (χ3n) is 1.94. The van der Waals surface area contributed by atoms with E-state index in [2.05, 4.69) is 25.8 Å². The molecule has 0 unspecified atom stereocenters. The summed E-state index contributed by atoms with van der Waals surface area (Å²) in [6, 6.07) is 1.69. The van der Waals surface area contributed by atoms with E-state index in [0.29, 0.717) is 10.8 Å². The van der Waals surface area contributed by atoms with E-state index < -0.39 is 0 Å². The second-order valence-corrected chi connectivity index (χ2v) is 4.66. The molecule has 0 saturated heterocycles. The number of hydrogen-bond donors (Lipinski definition) is 1. The molecule has 0 aliphatic heterocycles. The molecule has 72 valence electrons. The molecule has 0 radical (unpaired) electrons. The van der Waals surface area contributed by atoms with Crippen LogP contribution in [0.3, 0.4) is 0 Å². The largest absolute Gasteiger partial charge is 0.384 e. The lowest BCUT2D eigenvalue weighted by Crippen LogP contribution is -2.16. The lowest BCUT2D eigenvalue weighted by atomic mass is 9.89. The lowest BCUT2D eigenvalue weighted by molar-refractivity contribution is 0.565. The van der Waals surface area contributed by atoms with Gasteiger partial charge in [0.15, 0.2) is 0 Å². The molecule has 0 saturated carbocycles. The number of halogens is 1. The number of anilines is 1. The second kappa shape index (κ2) is 3.18. The van der Waals surface area contributed by atoms with E-state index in [1.165, 1.54) is 0 Å². The van der Waals surface area contributed by atoms with Crippen molar-refractivity contribution in [2.45, 2.75) is 33.1 Å². The fraction of sp³-hybridized carbons (Fsp3) is 0.500. The van der Waals surface area contributed by atoms with Gasteiger partial charge in [-0.1, -0.05) is 32.4 Å². The van der Waals surface area contributed by atoms with Crippen molar-refractivity contribution < 1.29 is 0 Å². The van der Waals surface area contributed by atoms with Crippen molar-refractivity contribution in [3.8, 4) is 0 Å². The summed E-state index contributed by atoms with van der Waals surface area (Å²) >= 11 is 6.01. The molecular formula is C10H15ClN2. The van der Waals surface area contributed by atoms with Gasteiger partial charge in [-0.3, -0.25) is 0 Å². The maximum absolute atomic E-state index is 6.01. The highest BCUT2D eigenvalue weighted by molar-refractivity contribution is 6.31. The first-order valence-corrected chi connectivity index (χ1v) is 4.63. The van der Waals surface area contributed by atoms with E-state index in [-0.39, 0.29) is 5.41 Å². The highest BCUT2D eigenvalue weighted by Crippen LogP contribution is 2.29. The van der Waals surface area contributed by atoms with E-state index in [1.54, 1.807) is 6.07 Å². The fourth-order valence-corrected chi connectivity index (χ4v) is 1.53. The van der Waals surface area contributed by atoms with Gasteiger partial charge in [-0.25, -0.2) is 4.98 Å². The first-order valence-electron chi connectivity index (χ1n) is 4.25. The molecule has 0 aliphatic carbocycles. The van der Waals surface area contributed by atoms with Crippen molar-refractivity contribution in [3.05, 3.63) is 22.3 Å². The molecule has 0 aliphatic rings. The van der Waals surface area contributed by atoms with Crippen LogP contribution in [0.1, 0.15) is 32.0 Å². The number of nitrogens with zero attached hydrogens (tertiary/aromatic N) is 1. The number of pyridine rings is 1. The Morgan fingerprint density at radius 1 is 1.38 bits per heavy atom. The summed E-state index contributed by atoms with van der Waals surface area (Å²) in [5.41, 5.74) is 7.61. The van der Waals surface area contributed by atoms with Crippen LogP contribution in [0, 0.1) is 6.92 Å². The van der Waals surface area contributed by atoms with Crippen LogP contribution < -0.4 is 5.73 Å². The zero-order valence-corrected chi connectivity index (χ0v) is 9.24. The summed E-state index contributed by atoms with van der Waals surface area (Å²) < 4.78 is 0. The molecule has 0 bridgehead atoms. The zero-order valence-electron chi connectivity index (χ0n) is 8.48. The fourth-order valence-electron chi connectivity index (χ4n) is 1.33. The minimum atomic E-state index is -0.0108. The third kappa shape index (κ3) is 2.13. The molecule has 2 nitrogen and oxygen atoms in total. The van der Waals surface area contributed by atoms with E-state index in [9.17, 15) is 0 Å². The van der Waals surface area contributed by atoms with Crippen molar-refractivity contribution in [2.24, 2.45) is 0 Å². The van der Waals surface area contributed by atoms with Crippen molar-refractivity contribution in [3.63, 3.8) is 0 Å². The van der Waals surface area contributed by atoms with E-state index in [4.69, 9.17) is 17.3 Å². The van der Waals surface area contributed by atoms with Gasteiger partial charge >= 0.3 is 0 Å². The Balaban J connectivity index is 3.37. The Kier molecular flexibility index (Phi) is 2.53. The summed E-state index contributed by atoms with van der Waals surface area (Å²) in [7, 11) is 0. The van der Waals surface area contributed by atoms with E-state index in [0.717, 1.165) is 11.3 Å². The van der Waals surface area contributed by atoms with Crippen LogP contribution in [0.2, 0.25) is 5.02 Å². The van der Waals surface area contributed by atoms with E-state index >= 15 is 0 Å². The minimum Gasteiger partial charge on any atom is -0.384 e. The van der Waals surface area contributed by atoms with Gasteiger partial charge in [0.2, 0.25) is 0 Å². The summed E-state index contributed by atoms with van der Waals surface area (Å²) in [6.45, 7) is 8.25. The molecule has 13 heavy (non-hydrogen) atoms. The maximum atomic E-state index is 6.01. The van der Waals surface area contributed by atoms with Crippen LogP contribution in [0.4, 0.5) is 5.82 Å². The molecule has 0 atom stereocenters. The summed E-state index contributed by atoms with van der Waals surface area (Å²) in [5, 5.41) is 0.692. The SMILES string of the molecule is Cc1c(Cl)cc(N)nc1C(C)(C)C. The molecule has 0 fully saturated rings. The highest BCUT2D eigenvalue weighted by atomic mass is 35.5. The average Bonchev–Trinajstić information content (AvgIpc) is 1.94. The van der Waals surface area contributed by atoms with Crippen LogP contribution in [0.15, 0.2) is 6.07 Å². The van der Waals surface area contributed by atoms with Gasteiger partial charge in [0.25, 0.3) is 0 Å². The lowest BCUT2D eigenvalue weighted by Gasteiger charge is -2.21. The van der Waals surface area contributed by atoms with Crippen molar-refractivity contribution in [1.82, 2.24) is 4.98 Å². The van der Waals surface area contributed by atoms with Gasteiger partial charge in [0.05, 0.1) is 5.69 Å². The summed E-state index contributed by atoms with van der Waals surface area (Å²) in [5.74, 6) is 0.487. The number of rotatable bonds is 0. The Bertz CT molecular complexity index is 326. The monoisotopic (exact) mass is 198 g/mol. The number of aromatic nitrogens is 1. The van der Waals surface area contributed by atoms with Crippen LogP contribution in [-0.2, 0) is 5.41 Å². The summed E-state index contributed by atoms with van der Waals surface area (Å²) in [6.07, 6.45) is 0. The van der Waals surface area contributed by atoms with Crippen molar-refractivity contribution >= 4 is 17.4 Å². The van der Waals surface area contributed by atoms with Gasteiger partial charge in [0, 0.05) is 10.4 Å². The molecule has 1 aromatic rings. The van der Waals surface area contributed by atoms with Crippen LogP contribution in [-0.4, -0.2) is 4.98 Å². The van der Waals surface area contributed by atoms with Gasteiger partial charge in [-0.05, 0) is 18.6 Å². The maximum Gasteiger partial charge on any atom is 0.125 e. The minimum absolute atomic E-state index is 0.0108. The number of hydrogen-bond acceptors (Lipinski definition) is 2. The van der Waals surface area contributed by atoms with Gasteiger partial charge in [-0.2, -0.15) is 0 Å². The Labute approximate surface area is 84.1 Å². The first kappa shape index (κ1) is 10.3. The molecule has 1 heterocycles. The zero-order chi connectivity index (χ0) is 10.2. The molecule has 1 rings (SSSR count). The normalized spacial score (nSPS) is 11.8.